The van der Waals surface area contributed by atoms with Crippen molar-refractivity contribution < 1.29 is 4.79 Å². The predicted octanol–water partition coefficient (Wildman–Crippen LogP) is 3.18. The topological polar surface area (TPSA) is 51.2 Å². The number of nitrogens with one attached hydrogen (secondary N) is 1. The molecule has 2 fully saturated rings. The Bertz CT molecular complexity index is 708. The Hall–Kier alpha value is -0.710. The van der Waals surface area contributed by atoms with Crippen molar-refractivity contribution in [3.63, 3.8) is 0 Å². The molecule has 0 spiro atoms. The third-order valence-electron chi connectivity index (χ3n) is 5.65. The highest BCUT2D eigenvalue weighted by atomic mass is 127. The van der Waals surface area contributed by atoms with Gasteiger partial charge < -0.3 is 15.1 Å². The number of likely N-dealkylation sites (tertiary alicyclic amines) is 1. The van der Waals surface area contributed by atoms with Crippen molar-refractivity contribution in [1.29, 1.82) is 0 Å². The van der Waals surface area contributed by atoms with Crippen molar-refractivity contribution in [3.8, 4) is 0 Å². The summed E-state index contributed by atoms with van der Waals surface area (Å²) in [6.07, 6.45) is 4.41. The minimum absolute atomic E-state index is 0. The number of amides is 1. The number of thioether (sulfide) groups is 1. The van der Waals surface area contributed by atoms with Gasteiger partial charge in [0.1, 0.15) is 0 Å². The van der Waals surface area contributed by atoms with Crippen molar-refractivity contribution >= 4 is 59.2 Å². The Labute approximate surface area is 206 Å². The van der Waals surface area contributed by atoms with Gasteiger partial charge >= 0.3 is 0 Å². The SMILES string of the molecule is CN=C(NCC(SC)c1cccc(Cl)c1)N1CCN(CC(=O)N2CCCC2)CC1.I. The molecule has 0 radical (unpaired) electrons. The van der Waals surface area contributed by atoms with Crippen LogP contribution in [0.4, 0.5) is 0 Å². The minimum atomic E-state index is 0. The second-order valence-electron chi connectivity index (χ2n) is 7.56. The summed E-state index contributed by atoms with van der Waals surface area (Å²) in [5.74, 6) is 1.21. The summed E-state index contributed by atoms with van der Waals surface area (Å²) in [5.41, 5.74) is 1.22. The number of nitrogens with zero attached hydrogens (tertiary/aromatic N) is 4. The maximum absolute atomic E-state index is 12.4. The Morgan fingerprint density at radius 3 is 2.47 bits per heavy atom. The van der Waals surface area contributed by atoms with Gasteiger partial charge in [-0.3, -0.25) is 14.7 Å². The van der Waals surface area contributed by atoms with E-state index in [-0.39, 0.29) is 29.9 Å². The van der Waals surface area contributed by atoms with Crippen LogP contribution in [0.25, 0.3) is 0 Å². The van der Waals surface area contributed by atoms with E-state index in [4.69, 9.17) is 11.6 Å². The molecule has 1 amide bonds. The summed E-state index contributed by atoms with van der Waals surface area (Å²) in [7, 11) is 1.83. The van der Waals surface area contributed by atoms with Crippen LogP contribution in [0.5, 0.6) is 0 Å². The van der Waals surface area contributed by atoms with E-state index in [0.29, 0.717) is 11.8 Å². The lowest BCUT2D eigenvalue weighted by molar-refractivity contribution is -0.131. The molecule has 0 bridgehead atoms. The molecule has 2 aliphatic rings. The second-order valence-corrected chi connectivity index (χ2v) is 9.04. The summed E-state index contributed by atoms with van der Waals surface area (Å²) in [6, 6.07) is 8.05. The van der Waals surface area contributed by atoms with E-state index in [1.54, 1.807) is 11.8 Å². The van der Waals surface area contributed by atoms with E-state index in [0.717, 1.165) is 69.6 Å². The summed E-state index contributed by atoms with van der Waals surface area (Å²) >= 11 is 7.96. The first-order chi connectivity index (χ1) is 14.1. The van der Waals surface area contributed by atoms with Crippen LogP contribution in [0, 0.1) is 0 Å². The largest absolute Gasteiger partial charge is 0.355 e. The van der Waals surface area contributed by atoms with Crippen LogP contribution in [0.2, 0.25) is 5.02 Å². The molecule has 0 aliphatic carbocycles. The first-order valence-corrected chi connectivity index (χ1v) is 12.0. The van der Waals surface area contributed by atoms with Crippen LogP contribution in [-0.2, 0) is 4.79 Å². The van der Waals surface area contributed by atoms with Gasteiger partial charge in [-0.2, -0.15) is 11.8 Å². The third-order valence-corrected chi connectivity index (χ3v) is 6.89. The molecule has 2 aliphatic heterocycles. The zero-order chi connectivity index (χ0) is 20.6. The monoisotopic (exact) mass is 565 g/mol. The van der Waals surface area contributed by atoms with E-state index < -0.39 is 0 Å². The van der Waals surface area contributed by atoms with Crippen LogP contribution in [0.3, 0.4) is 0 Å². The first kappa shape index (κ1) is 25.5. The van der Waals surface area contributed by atoms with Gasteiger partial charge in [0.05, 0.1) is 6.54 Å². The molecule has 168 valence electrons. The van der Waals surface area contributed by atoms with E-state index in [1.165, 1.54) is 5.56 Å². The van der Waals surface area contributed by atoms with Crippen molar-refractivity contribution in [3.05, 3.63) is 34.9 Å². The Morgan fingerprint density at radius 1 is 1.17 bits per heavy atom. The summed E-state index contributed by atoms with van der Waals surface area (Å²) in [4.78, 5) is 23.4. The number of carbonyl (C=O) groups excluding carboxylic acids is 1. The predicted molar refractivity (Wildman–Crippen MR) is 138 cm³/mol. The zero-order valence-electron chi connectivity index (χ0n) is 17.8. The van der Waals surface area contributed by atoms with Crippen molar-refractivity contribution in [1.82, 2.24) is 20.0 Å². The van der Waals surface area contributed by atoms with Gasteiger partial charge in [-0.25, -0.2) is 0 Å². The molecular weight excluding hydrogens is 533 g/mol. The van der Waals surface area contributed by atoms with Crippen LogP contribution in [-0.4, -0.2) is 92.2 Å². The number of aliphatic imine (C=N–C) groups is 1. The number of piperazine rings is 1. The fourth-order valence-electron chi connectivity index (χ4n) is 3.94. The van der Waals surface area contributed by atoms with E-state index >= 15 is 0 Å². The molecule has 1 aromatic carbocycles. The molecule has 30 heavy (non-hydrogen) atoms. The molecule has 0 saturated carbocycles. The van der Waals surface area contributed by atoms with Gasteiger partial charge in [-0.15, -0.1) is 24.0 Å². The Morgan fingerprint density at radius 2 is 1.87 bits per heavy atom. The lowest BCUT2D eigenvalue weighted by atomic mass is 10.1. The highest BCUT2D eigenvalue weighted by Crippen LogP contribution is 2.27. The third kappa shape index (κ3) is 7.17. The average molecular weight is 566 g/mol. The molecule has 3 rings (SSSR count). The number of hydrogen-bond donors (Lipinski definition) is 1. The summed E-state index contributed by atoms with van der Waals surface area (Å²) in [6.45, 7) is 6.74. The molecular formula is C21H33ClIN5OS. The number of rotatable bonds is 6. The molecule has 0 aromatic heterocycles. The van der Waals surface area contributed by atoms with Crippen LogP contribution >= 0.6 is 47.3 Å². The minimum Gasteiger partial charge on any atom is -0.355 e. The molecule has 1 unspecified atom stereocenters. The van der Waals surface area contributed by atoms with Gasteiger partial charge in [0.2, 0.25) is 5.91 Å². The molecule has 9 heteroatoms. The summed E-state index contributed by atoms with van der Waals surface area (Å²) < 4.78 is 0. The Kier molecular flexibility index (Phi) is 11.1. The van der Waals surface area contributed by atoms with Gasteiger partial charge in [0.25, 0.3) is 0 Å². The molecule has 6 nitrogen and oxygen atoms in total. The van der Waals surface area contributed by atoms with E-state index in [1.807, 2.05) is 30.1 Å². The van der Waals surface area contributed by atoms with E-state index in [2.05, 4.69) is 32.4 Å². The number of halogens is 2. The standard InChI is InChI=1S/C21H32ClN5OS.HI/c1-23-21(24-15-19(29-2)17-6-5-7-18(22)14-17)27-12-10-25(11-13-27)16-20(28)26-8-3-4-9-26;/h5-7,14,19H,3-4,8-13,15-16H2,1-2H3,(H,23,24);1H. The zero-order valence-corrected chi connectivity index (χ0v) is 21.8. The van der Waals surface area contributed by atoms with Gasteiger partial charge in [0.15, 0.2) is 5.96 Å². The summed E-state index contributed by atoms with van der Waals surface area (Å²) in [5, 5.41) is 4.61. The Balaban J connectivity index is 0.00000320. The quantitative estimate of drug-likeness (QED) is 0.326. The van der Waals surface area contributed by atoms with Gasteiger partial charge in [-0.1, -0.05) is 23.7 Å². The van der Waals surface area contributed by atoms with E-state index in [9.17, 15) is 4.79 Å². The molecule has 2 heterocycles. The fourth-order valence-corrected chi connectivity index (χ4v) is 4.80. The number of guanidine groups is 1. The molecule has 1 N–H and O–H groups in total. The van der Waals surface area contributed by atoms with Crippen LogP contribution < -0.4 is 5.32 Å². The van der Waals surface area contributed by atoms with Crippen molar-refractivity contribution in [2.45, 2.75) is 18.1 Å². The molecule has 2 saturated heterocycles. The lowest BCUT2D eigenvalue weighted by Gasteiger charge is -2.37. The first-order valence-electron chi connectivity index (χ1n) is 10.3. The average Bonchev–Trinajstić information content (AvgIpc) is 3.27. The van der Waals surface area contributed by atoms with Crippen molar-refractivity contribution in [2.24, 2.45) is 4.99 Å². The van der Waals surface area contributed by atoms with Gasteiger partial charge in [-0.05, 0) is 36.8 Å². The lowest BCUT2D eigenvalue weighted by Crippen LogP contribution is -2.54. The maximum Gasteiger partial charge on any atom is 0.236 e. The maximum atomic E-state index is 12.4. The smallest absolute Gasteiger partial charge is 0.236 e. The van der Waals surface area contributed by atoms with Crippen LogP contribution in [0.1, 0.15) is 23.7 Å². The number of hydrogen-bond acceptors (Lipinski definition) is 4. The normalized spacial score (nSPS) is 18.8. The number of carbonyl (C=O) groups is 1. The fraction of sp³-hybridized carbons (Fsp3) is 0.619. The van der Waals surface area contributed by atoms with Crippen LogP contribution in [0.15, 0.2) is 29.3 Å². The van der Waals surface area contributed by atoms with Gasteiger partial charge in [0, 0.05) is 63.1 Å². The van der Waals surface area contributed by atoms with Crippen molar-refractivity contribution in [2.75, 3.05) is 65.7 Å². The molecule has 1 aromatic rings. The molecule has 1 atom stereocenters. The highest BCUT2D eigenvalue weighted by Gasteiger charge is 2.24. The highest BCUT2D eigenvalue weighted by molar-refractivity contribution is 14.0. The number of benzene rings is 1. The second kappa shape index (κ2) is 13.0.